The lowest BCUT2D eigenvalue weighted by Crippen LogP contribution is -2.41. The van der Waals surface area contributed by atoms with Crippen molar-refractivity contribution in [3.05, 3.63) is 89.5 Å². The molecule has 4 rings (SSSR count). The van der Waals surface area contributed by atoms with E-state index in [0.29, 0.717) is 12.0 Å². The summed E-state index contributed by atoms with van der Waals surface area (Å²) in [5.41, 5.74) is 5.05. The first-order valence-corrected chi connectivity index (χ1v) is 10.2. The normalized spacial score (nSPS) is 13.2. The zero-order valence-corrected chi connectivity index (χ0v) is 16.8. The number of carbonyl (C=O) groups excluding carboxylic acids is 1. The van der Waals surface area contributed by atoms with E-state index in [1.165, 1.54) is 0 Å². The molecule has 6 nitrogen and oxygen atoms in total. The Morgan fingerprint density at radius 1 is 0.903 bits per heavy atom. The minimum absolute atomic E-state index is 0.0947. The van der Waals surface area contributed by atoms with Crippen molar-refractivity contribution in [2.24, 2.45) is 0 Å². The molecular formula is C25H23NO5. The van der Waals surface area contributed by atoms with E-state index in [2.05, 4.69) is 5.32 Å². The lowest BCUT2D eigenvalue weighted by Gasteiger charge is -2.17. The lowest BCUT2D eigenvalue weighted by atomic mass is 9.98. The predicted molar refractivity (Wildman–Crippen MR) is 116 cm³/mol. The van der Waals surface area contributed by atoms with Gasteiger partial charge in [0.15, 0.2) is 0 Å². The van der Waals surface area contributed by atoms with Crippen molar-refractivity contribution < 1.29 is 24.5 Å². The Labute approximate surface area is 180 Å². The van der Waals surface area contributed by atoms with Crippen molar-refractivity contribution >= 4 is 12.1 Å². The SMILES string of the molecule is O=C(N[C@H](CCc1ccccc1O)C(=O)O)OCC1c2ccccc2-c2ccccc21. The minimum Gasteiger partial charge on any atom is -0.508 e. The van der Waals surface area contributed by atoms with E-state index in [9.17, 15) is 19.8 Å². The maximum Gasteiger partial charge on any atom is 0.407 e. The number of aliphatic carboxylic acids is 1. The van der Waals surface area contributed by atoms with Crippen LogP contribution in [0, 0.1) is 0 Å². The van der Waals surface area contributed by atoms with Crippen LogP contribution in [0.5, 0.6) is 5.75 Å². The number of ether oxygens (including phenoxy) is 1. The average molecular weight is 417 g/mol. The van der Waals surface area contributed by atoms with Crippen LogP contribution in [0.4, 0.5) is 4.79 Å². The van der Waals surface area contributed by atoms with Gasteiger partial charge in [0.25, 0.3) is 0 Å². The van der Waals surface area contributed by atoms with Crippen LogP contribution in [-0.4, -0.2) is 34.9 Å². The number of carboxylic acids is 1. The van der Waals surface area contributed by atoms with E-state index in [-0.39, 0.29) is 24.7 Å². The van der Waals surface area contributed by atoms with Crippen LogP contribution in [0.15, 0.2) is 72.8 Å². The molecule has 158 valence electrons. The van der Waals surface area contributed by atoms with Crippen LogP contribution in [-0.2, 0) is 16.0 Å². The van der Waals surface area contributed by atoms with Gasteiger partial charge in [0, 0.05) is 5.92 Å². The zero-order chi connectivity index (χ0) is 21.8. The zero-order valence-electron chi connectivity index (χ0n) is 16.8. The molecule has 3 aromatic rings. The van der Waals surface area contributed by atoms with E-state index in [1.54, 1.807) is 24.3 Å². The third-order valence-electron chi connectivity index (χ3n) is 5.63. The molecule has 0 saturated carbocycles. The summed E-state index contributed by atoms with van der Waals surface area (Å²) in [4.78, 5) is 24.0. The maximum absolute atomic E-state index is 12.4. The fourth-order valence-electron chi connectivity index (χ4n) is 4.06. The van der Waals surface area contributed by atoms with Gasteiger partial charge in [0.05, 0.1) is 0 Å². The Morgan fingerprint density at radius 3 is 2.10 bits per heavy atom. The number of nitrogens with one attached hydrogen (secondary N) is 1. The highest BCUT2D eigenvalue weighted by molar-refractivity contribution is 5.81. The van der Waals surface area contributed by atoms with Crippen LogP contribution in [0.2, 0.25) is 0 Å². The van der Waals surface area contributed by atoms with Gasteiger partial charge >= 0.3 is 12.1 Å². The molecule has 1 aliphatic carbocycles. The number of aromatic hydroxyl groups is 1. The second-order valence-corrected chi connectivity index (χ2v) is 7.53. The van der Waals surface area contributed by atoms with Gasteiger partial charge in [0.2, 0.25) is 0 Å². The van der Waals surface area contributed by atoms with Crippen LogP contribution in [0.25, 0.3) is 11.1 Å². The molecule has 0 spiro atoms. The summed E-state index contributed by atoms with van der Waals surface area (Å²) in [5, 5.41) is 21.8. The second-order valence-electron chi connectivity index (χ2n) is 7.53. The molecule has 3 N–H and O–H groups in total. The first-order chi connectivity index (χ1) is 15.0. The van der Waals surface area contributed by atoms with Gasteiger partial charge in [-0.25, -0.2) is 9.59 Å². The van der Waals surface area contributed by atoms with Crippen molar-refractivity contribution in [3.63, 3.8) is 0 Å². The van der Waals surface area contributed by atoms with Crippen molar-refractivity contribution in [1.82, 2.24) is 5.32 Å². The second kappa shape index (κ2) is 8.92. The highest BCUT2D eigenvalue weighted by Gasteiger charge is 2.29. The summed E-state index contributed by atoms with van der Waals surface area (Å²) in [5.74, 6) is -1.14. The fraction of sp³-hybridized carbons (Fsp3) is 0.200. The number of rotatable bonds is 7. The van der Waals surface area contributed by atoms with E-state index in [0.717, 1.165) is 22.3 Å². The van der Waals surface area contributed by atoms with Crippen LogP contribution in [0.1, 0.15) is 29.0 Å². The number of carbonyl (C=O) groups is 2. The number of amides is 1. The highest BCUT2D eigenvalue weighted by Crippen LogP contribution is 2.44. The smallest absolute Gasteiger partial charge is 0.407 e. The molecule has 1 aliphatic rings. The monoisotopic (exact) mass is 417 g/mol. The largest absolute Gasteiger partial charge is 0.508 e. The van der Waals surface area contributed by atoms with Crippen molar-refractivity contribution in [2.75, 3.05) is 6.61 Å². The fourth-order valence-corrected chi connectivity index (χ4v) is 4.06. The van der Waals surface area contributed by atoms with E-state index in [4.69, 9.17) is 4.74 Å². The number of benzene rings is 3. The Bertz CT molecular complexity index is 1060. The number of aryl methyl sites for hydroxylation is 1. The predicted octanol–water partition coefficient (Wildman–Crippen LogP) is 4.32. The number of phenolic OH excluding ortho intramolecular Hbond substituents is 1. The van der Waals surface area contributed by atoms with Gasteiger partial charge in [-0.05, 0) is 46.7 Å². The van der Waals surface area contributed by atoms with Gasteiger partial charge in [-0.15, -0.1) is 0 Å². The van der Waals surface area contributed by atoms with Gasteiger partial charge in [-0.2, -0.15) is 0 Å². The topological polar surface area (TPSA) is 95.9 Å². The first kappa shape index (κ1) is 20.5. The number of para-hydroxylation sites is 1. The van der Waals surface area contributed by atoms with E-state index >= 15 is 0 Å². The van der Waals surface area contributed by atoms with Crippen molar-refractivity contribution in [3.8, 4) is 16.9 Å². The minimum atomic E-state index is -1.15. The number of hydrogen-bond donors (Lipinski definition) is 3. The van der Waals surface area contributed by atoms with Crippen molar-refractivity contribution in [1.29, 1.82) is 0 Å². The molecule has 1 amide bonds. The van der Waals surface area contributed by atoms with Gasteiger partial charge < -0.3 is 20.3 Å². The number of alkyl carbamates (subject to hydrolysis) is 1. The molecule has 0 saturated heterocycles. The van der Waals surface area contributed by atoms with E-state index in [1.807, 2.05) is 48.5 Å². The molecule has 0 aliphatic heterocycles. The molecule has 0 unspecified atom stereocenters. The molecule has 0 heterocycles. The summed E-state index contributed by atoms with van der Waals surface area (Å²) >= 11 is 0. The standard InChI is InChI=1S/C25H23NO5/c27-23-12-6-1-7-16(23)13-14-22(24(28)29)26-25(30)31-15-21-19-10-4-2-8-17(19)18-9-3-5-11-20(18)21/h1-12,21-22,27H,13-15H2,(H,26,30)(H,28,29)/t22-/m1/s1. The molecule has 0 bridgehead atoms. The lowest BCUT2D eigenvalue weighted by molar-refractivity contribution is -0.139. The molecular weight excluding hydrogens is 394 g/mol. The Balaban J connectivity index is 1.39. The number of fused-ring (bicyclic) bond motifs is 3. The molecule has 0 fully saturated rings. The van der Waals surface area contributed by atoms with Crippen molar-refractivity contribution in [2.45, 2.75) is 24.8 Å². The average Bonchev–Trinajstić information content (AvgIpc) is 3.10. The molecule has 1 atom stereocenters. The Hall–Kier alpha value is -3.80. The Morgan fingerprint density at radius 2 is 1.48 bits per heavy atom. The van der Waals surface area contributed by atoms with E-state index < -0.39 is 18.1 Å². The third-order valence-corrected chi connectivity index (χ3v) is 5.63. The summed E-state index contributed by atoms with van der Waals surface area (Å²) in [7, 11) is 0. The summed E-state index contributed by atoms with van der Waals surface area (Å²) < 4.78 is 5.43. The third kappa shape index (κ3) is 4.38. The van der Waals surface area contributed by atoms with Gasteiger partial charge in [-0.3, -0.25) is 0 Å². The Kier molecular flexibility index (Phi) is 5.89. The maximum atomic E-state index is 12.4. The van der Waals surface area contributed by atoms with Crippen LogP contribution in [0.3, 0.4) is 0 Å². The molecule has 6 heteroatoms. The molecule has 0 radical (unpaired) electrons. The summed E-state index contributed by atoms with van der Waals surface area (Å²) in [6, 6.07) is 21.6. The highest BCUT2D eigenvalue weighted by atomic mass is 16.5. The van der Waals surface area contributed by atoms with Gasteiger partial charge in [0.1, 0.15) is 18.4 Å². The number of hydrogen-bond acceptors (Lipinski definition) is 4. The molecule has 3 aromatic carbocycles. The number of phenols is 1. The quantitative estimate of drug-likeness (QED) is 0.532. The van der Waals surface area contributed by atoms with Gasteiger partial charge in [-0.1, -0.05) is 66.7 Å². The van der Waals surface area contributed by atoms with Crippen LogP contribution < -0.4 is 5.32 Å². The summed E-state index contributed by atoms with van der Waals surface area (Å²) in [6.07, 6.45) is -0.323. The summed E-state index contributed by atoms with van der Waals surface area (Å²) in [6.45, 7) is 0.117. The van der Waals surface area contributed by atoms with Crippen LogP contribution >= 0.6 is 0 Å². The molecule has 0 aromatic heterocycles. The number of carboxylic acid groups (broad SMARTS) is 1. The first-order valence-electron chi connectivity index (χ1n) is 10.2. The molecule has 31 heavy (non-hydrogen) atoms.